The van der Waals surface area contributed by atoms with Gasteiger partial charge in [0.2, 0.25) is 0 Å². The maximum atomic E-state index is 3.65. The van der Waals surface area contributed by atoms with Gasteiger partial charge in [-0.15, -0.1) is 0 Å². The Balaban J connectivity index is 2.14. The van der Waals surface area contributed by atoms with E-state index in [0.29, 0.717) is 0 Å². The van der Waals surface area contributed by atoms with E-state index in [1.807, 2.05) is 0 Å². The minimum atomic E-state index is 0.842. The van der Waals surface area contributed by atoms with Crippen molar-refractivity contribution in [1.82, 2.24) is 0 Å². The standard InChI is InChI=1S/C8H15Br/c1-2-3-7-4-5-8(9)6-7/h7-8H,2-6H2,1H3. The zero-order chi connectivity index (χ0) is 6.69. The van der Waals surface area contributed by atoms with Crippen LogP contribution in [-0.2, 0) is 0 Å². The molecule has 0 aromatic carbocycles. The van der Waals surface area contributed by atoms with E-state index in [-0.39, 0.29) is 0 Å². The third kappa shape index (κ3) is 2.29. The Bertz CT molecular complexity index is 78.6. The molecular formula is C8H15Br. The molecule has 1 rings (SSSR count). The first-order valence-corrected chi connectivity index (χ1v) is 4.88. The minimum absolute atomic E-state index is 0.842. The maximum absolute atomic E-state index is 3.65. The Labute approximate surface area is 66.2 Å². The van der Waals surface area contributed by atoms with Crippen molar-refractivity contribution in [3.05, 3.63) is 0 Å². The molecule has 0 aromatic rings. The molecule has 54 valence electrons. The molecule has 0 N–H and O–H groups in total. The molecule has 1 fully saturated rings. The first-order valence-electron chi connectivity index (χ1n) is 3.97. The molecule has 0 heterocycles. The molecule has 1 aliphatic carbocycles. The smallest absolute Gasteiger partial charge is 0.0148 e. The maximum Gasteiger partial charge on any atom is 0.0148 e. The van der Waals surface area contributed by atoms with Gasteiger partial charge in [0.15, 0.2) is 0 Å². The van der Waals surface area contributed by atoms with Crippen LogP contribution in [0.1, 0.15) is 39.0 Å². The molecule has 1 saturated carbocycles. The van der Waals surface area contributed by atoms with Gasteiger partial charge >= 0.3 is 0 Å². The highest BCUT2D eigenvalue weighted by atomic mass is 79.9. The lowest BCUT2D eigenvalue weighted by atomic mass is 10.0. The molecule has 2 atom stereocenters. The zero-order valence-electron chi connectivity index (χ0n) is 6.07. The lowest BCUT2D eigenvalue weighted by Crippen LogP contribution is -1.93. The van der Waals surface area contributed by atoms with Gasteiger partial charge in [-0.25, -0.2) is 0 Å². The second kappa shape index (κ2) is 3.60. The van der Waals surface area contributed by atoms with Crippen LogP contribution in [0.15, 0.2) is 0 Å². The molecule has 0 amide bonds. The Morgan fingerprint density at radius 3 is 2.67 bits per heavy atom. The summed E-state index contributed by atoms with van der Waals surface area (Å²) in [6.07, 6.45) is 7.11. The molecule has 9 heavy (non-hydrogen) atoms. The quantitative estimate of drug-likeness (QED) is 0.587. The van der Waals surface area contributed by atoms with Crippen molar-refractivity contribution in [2.75, 3.05) is 0 Å². The highest BCUT2D eigenvalue weighted by Gasteiger charge is 2.20. The Kier molecular flexibility index (Phi) is 3.03. The number of hydrogen-bond donors (Lipinski definition) is 0. The fourth-order valence-corrected chi connectivity index (χ4v) is 2.48. The molecule has 0 spiro atoms. The summed E-state index contributed by atoms with van der Waals surface area (Å²) in [5.74, 6) is 1.04. The van der Waals surface area contributed by atoms with Gasteiger partial charge in [0.25, 0.3) is 0 Å². The molecule has 2 unspecified atom stereocenters. The van der Waals surface area contributed by atoms with Crippen molar-refractivity contribution in [2.24, 2.45) is 5.92 Å². The van der Waals surface area contributed by atoms with Crippen molar-refractivity contribution in [1.29, 1.82) is 0 Å². The molecule has 0 radical (unpaired) electrons. The van der Waals surface area contributed by atoms with Crippen LogP contribution in [0, 0.1) is 5.92 Å². The molecule has 0 saturated heterocycles. The number of alkyl halides is 1. The molecule has 0 aromatic heterocycles. The normalized spacial score (nSPS) is 35.3. The minimum Gasteiger partial charge on any atom is -0.0891 e. The van der Waals surface area contributed by atoms with Crippen molar-refractivity contribution >= 4 is 15.9 Å². The van der Waals surface area contributed by atoms with E-state index in [4.69, 9.17) is 0 Å². The monoisotopic (exact) mass is 190 g/mol. The van der Waals surface area contributed by atoms with E-state index in [1.54, 1.807) is 0 Å². The van der Waals surface area contributed by atoms with Crippen LogP contribution in [0.4, 0.5) is 0 Å². The number of rotatable bonds is 2. The predicted molar refractivity (Wildman–Crippen MR) is 45.0 cm³/mol. The summed E-state index contributed by atoms with van der Waals surface area (Å²) in [6.45, 7) is 2.28. The second-order valence-corrected chi connectivity index (χ2v) is 4.36. The van der Waals surface area contributed by atoms with Gasteiger partial charge in [-0.1, -0.05) is 35.7 Å². The Hall–Kier alpha value is 0.480. The van der Waals surface area contributed by atoms with Crippen LogP contribution in [0.25, 0.3) is 0 Å². The predicted octanol–water partition coefficient (Wildman–Crippen LogP) is 3.35. The fraction of sp³-hybridized carbons (Fsp3) is 1.00. The SMILES string of the molecule is CCCC1CCC(Br)C1. The molecular weight excluding hydrogens is 176 g/mol. The largest absolute Gasteiger partial charge is 0.0891 e. The van der Waals surface area contributed by atoms with Crippen LogP contribution in [-0.4, -0.2) is 4.83 Å². The van der Waals surface area contributed by atoms with Crippen molar-refractivity contribution in [3.8, 4) is 0 Å². The highest BCUT2D eigenvalue weighted by molar-refractivity contribution is 9.09. The van der Waals surface area contributed by atoms with E-state index >= 15 is 0 Å². The molecule has 0 aliphatic heterocycles. The number of hydrogen-bond acceptors (Lipinski definition) is 0. The van der Waals surface area contributed by atoms with Crippen molar-refractivity contribution in [2.45, 2.75) is 43.9 Å². The first-order chi connectivity index (χ1) is 4.33. The van der Waals surface area contributed by atoms with Gasteiger partial charge in [-0.2, -0.15) is 0 Å². The van der Waals surface area contributed by atoms with E-state index in [9.17, 15) is 0 Å². The number of halogens is 1. The van der Waals surface area contributed by atoms with Gasteiger partial charge in [-0.05, 0) is 25.2 Å². The third-order valence-electron chi connectivity index (χ3n) is 2.17. The van der Waals surface area contributed by atoms with Gasteiger partial charge in [0.05, 0.1) is 0 Å². The Morgan fingerprint density at radius 2 is 2.22 bits per heavy atom. The third-order valence-corrected chi connectivity index (χ3v) is 3.01. The van der Waals surface area contributed by atoms with Crippen molar-refractivity contribution < 1.29 is 0 Å². The molecule has 1 heteroatoms. The lowest BCUT2D eigenvalue weighted by Gasteiger charge is -2.04. The average molecular weight is 191 g/mol. The van der Waals surface area contributed by atoms with Gasteiger partial charge in [0.1, 0.15) is 0 Å². The first kappa shape index (κ1) is 7.59. The summed E-state index contributed by atoms with van der Waals surface area (Å²) in [5, 5.41) is 0. The molecule has 0 bridgehead atoms. The van der Waals surface area contributed by atoms with E-state index < -0.39 is 0 Å². The summed E-state index contributed by atoms with van der Waals surface area (Å²) in [4.78, 5) is 0.842. The molecule has 0 nitrogen and oxygen atoms in total. The lowest BCUT2D eigenvalue weighted by molar-refractivity contribution is 0.498. The van der Waals surface area contributed by atoms with Crippen LogP contribution >= 0.6 is 15.9 Å². The summed E-state index contributed by atoms with van der Waals surface area (Å²) < 4.78 is 0. The van der Waals surface area contributed by atoms with Crippen LogP contribution in [0.2, 0.25) is 0 Å². The summed E-state index contributed by atoms with van der Waals surface area (Å²) in [7, 11) is 0. The summed E-state index contributed by atoms with van der Waals surface area (Å²) >= 11 is 3.65. The van der Waals surface area contributed by atoms with Gasteiger partial charge in [0, 0.05) is 4.83 Å². The van der Waals surface area contributed by atoms with E-state index in [1.165, 1.54) is 32.1 Å². The summed E-state index contributed by atoms with van der Waals surface area (Å²) in [6, 6.07) is 0. The topological polar surface area (TPSA) is 0 Å². The zero-order valence-corrected chi connectivity index (χ0v) is 7.65. The van der Waals surface area contributed by atoms with Crippen molar-refractivity contribution in [3.63, 3.8) is 0 Å². The van der Waals surface area contributed by atoms with E-state index in [2.05, 4.69) is 22.9 Å². The van der Waals surface area contributed by atoms with Gasteiger partial charge in [-0.3, -0.25) is 0 Å². The van der Waals surface area contributed by atoms with Gasteiger partial charge < -0.3 is 0 Å². The van der Waals surface area contributed by atoms with Crippen LogP contribution in [0.3, 0.4) is 0 Å². The Morgan fingerprint density at radius 1 is 1.44 bits per heavy atom. The second-order valence-electron chi connectivity index (χ2n) is 3.07. The van der Waals surface area contributed by atoms with Crippen LogP contribution in [0.5, 0.6) is 0 Å². The average Bonchev–Trinajstić information content (AvgIpc) is 2.17. The summed E-state index contributed by atoms with van der Waals surface area (Å²) in [5.41, 5.74) is 0. The molecule has 1 aliphatic rings. The highest BCUT2D eigenvalue weighted by Crippen LogP contribution is 2.33. The van der Waals surface area contributed by atoms with E-state index in [0.717, 1.165) is 10.7 Å². The van der Waals surface area contributed by atoms with Crippen LogP contribution < -0.4 is 0 Å². The fourth-order valence-electron chi connectivity index (χ4n) is 1.68.